The predicted molar refractivity (Wildman–Crippen MR) is 88.5 cm³/mol. The van der Waals surface area contributed by atoms with Crippen molar-refractivity contribution < 1.29 is 18.0 Å². The van der Waals surface area contributed by atoms with Gasteiger partial charge >= 0.3 is 11.9 Å². The van der Waals surface area contributed by atoms with Gasteiger partial charge in [0.15, 0.2) is 6.29 Å². The second kappa shape index (κ2) is 5.82. The number of carbonyl (C=O) groups is 1. The number of hydrogen-bond donors (Lipinski definition) is 0. The molecule has 25 heavy (non-hydrogen) atoms. The topological polar surface area (TPSA) is 61.1 Å². The number of aldehydes is 1. The molecule has 9 heteroatoms. The van der Waals surface area contributed by atoms with E-state index in [9.17, 15) is 27.6 Å². The molecule has 0 aromatic carbocycles. The van der Waals surface area contributed by atoms with Crippen LogP contribution < -0.4 is 11.2 Å². The van der Waals surface area contributed by atoms with Crippen molar-refractivity contribution in [1.29, 1.82) is 0 Å². The van der Waals surface area contributed by atoms with Crippen molar-refractivity contribution >= 4 is 27.8 Å². The van der Waals surface area contributed by atoms with E-state index < -0.39 is 30.4 Å². The van der Waals surface area contributed by atoms with Crippen molar-refractivity contribution in [2.45, 2.75) is 52.4 Å². The molecule has 0 aliphatic heterocycles. The summed E-state index contributed by atoms with van der Waals surface area (Å²) in [6, 6.07) is 0. The van der Waals surface area contributed by atoms with Gasteiger partial charge in [0.2, 0.25) is 0 Å². The molecule has 2 heterocycles. The van der Waals surface area contributed by atoms with Crippen molar-refractivity contribution in [2.75, 3.05) is 0 Å². The minimum absolute atomic E-state index is 0.135. The van der Waals surface area contributed by atoms with E-state index >= 15 is 0 Å². The molecule has 0 radical (unpaired) electrons. The molecule has 0 saturated heterocycles. The lowest BCUT2D eigenvalue weighted by atomic mass is 10.1. The zero-order valence-corrected chi connectivity index (χ0v) is 14.6. The number of aromatic nitrogens is 2. The zero-order chi connectivity index (χ0) is 18.6. The number of nitrogens with zero attached hydrogens (tertiary/aromatic N) is 2. The second-order valence-electron chi connectivity index (χ2n) is 6.89. The minimum atomic E-state index is -4.42. The first kappa shape index (κ1) is 17.9. The van der Waals surface area contributed by atoms with Gasteiger partial charge in [0.1, 0.15) is 4.83 Å². The first-order valence-electron chi connectivity index (χ1n) is 7.85. The number of carbonyl (C=O) groups excluding carboxylic acids is 1. The fourth-order valence-corrected chi connectivity index (χ4v) is 3.99. The standard InChI is InChI=1S/C16H17F3N2O3S/c1-9-10(7-22)25-13-11(9)12(23)21(8-15(2)3-4-15)14(24)20(13)6-5-16(17,18)19/h7H,3-6,8H2,1-2H3. The first-order chi connectivity index (χ1) is 11.6. The number of hydrogen-bond acceptors (Lipinski definition) is 4. The Morgan fingerprint density at radius 1 is 1.24 bits per heavy atom. The Kier molecular flexibility index (Phi) is 4.17. The molecule has 0 amide bonds. The molecule has 1 aliphatic rings. The van der Waals surface area contributed by atoms with Gasteiger partial charge in [-0.15, -0.1) is 11.3 Å². The summed E-state index contributed by atoms with van der Waals surface area (Å²) in [4.78, 5) is 37.1. The van der Waals surface area contributed by atoms with Gasteiger partial charge in [0.05, 0.1) is 16.7 Å². The van der Waals surface area contributed by atoms with Gasteiger partial charge in [0.25, 0.3) is 5.56 Å². The highest BCUT2D eigenvalue weighted by Gasteiger charge is 2.39. The van der Waals surface area contributed by atoms with Crippen LogP contribution in [0.4, 0.5) is 13.2 Å². The maximum Gasteiger partial charge on any atom is 0.390 e. The van der Waals surface area contributed by atoms with Crippen molar-refractivity contribution in [3.05, 3.63) is 31.3 Å². The molecule has 1 fully saturated rings. The molecule has 1 saturated carbocycles. The van der Waals surface area contributed by atoms with Gasteiger partial charge in [-0.2, -0.15) is 13.2 Å². The van der Waals surface area contributed by atoms with Gasteiger partial charge in [-0.25, -0.2) is 4.79 Å². The summed E-state index contributed by atoms with van der Waals surface area (Å²) in [6.45, 7) is 3.11. The Morgan fingerprint density at radius 3 is 2.40 bits per heavy atom. The quantitative estimate of drug-likeness (QED) is 0.756. The molecular formula is C16H17F3N2O3S. The van der Waals surface area contributed by atoms with Crippen molar-refractivity contribution in [3.63, 3.8) is 0 Å². The Bertz CT molecular complexity index is 964. The summed E-state index contributed by atoms with van der Waals surface area (Å²) in [5.74, 6) is 0. The molecule has 1 aliphatic carbocycles. The molecule has 0 spiro atoms. The highest BCUT2D eigenvalue weighted by molar-refractivity contribution is 7.20. The van der Waals surface area contributed by atoms with Gasteiger partial charge in [-0.3, -0.25) is 18.7 Å². The smallest absolute Gasteiger partial charge is 0.297 e. The molecule has 136 valence electrons. The third-order valence-corrected chi connectivity index (χ3v) is 5.94. The number of fused-ring (bicyclic) bond motifs is 1. The third kappa shape index (κ3) is 3.29. The summed E-state index contributed by atoms with van der Waals surface area (Å²) in [7, 11) is 0. The third-order valence-electron chi connectivity index (χ3n) is 4.70. The van der Waals surface area contributed by atoms with E-state index in [4.69, 9.17) is 0 Å². The fourth-order valence-electron chi connectivity index (χ4n) is 2.85. The maximum absolute atomic E-state index is 12.8. The second-order valence-corrected chi connectivity index (χ2v) is 7.92. The monoisotopic (exact) mass is 374 g/mol. The lowest BCUT2D eigenvalue weighted by Crippen LogP contribution is -2.41. The van der Waals surface area contributed by atoms with Crippen molar-refractivity contribution in [3.8, 4) is 0 Å². The summed E-state index contributed by atoms with van der Waals surface area (Å²) in [6.07, 6.45) is -3.31. The van der Waals surface area contributed by atoms with Crippen LogP contribution in [0.25, 0.3) is 10.2 Å². The SMILES string of the molecule is Cc1c(C=O)sc2c1c(=O)n(CC1(C)CC1)c(=O)n2CCC(F)(F)F. The average Bonchev–Trinajstić information content (AvgIpc) is 3.14. The van der Waals surface area contributed by atoms with E-state index in [1.54, 1.807) is 6.92 Å². The normalized spacial score (nSPS) is 16.4. The molecule has 5 nitrogen and oxygen atoms in total. The molecular weight excluding hydrogens is 357 g/mol. The predicted octanol–water partition coefficient (Wildman–Crippen LogP) is 3.10. The van der Waals surface area contributed by atoms with Crippen LogP contribution in [0, 0.1) is 12.3 Å². The Hall–Kier alpha value is -1.90. The molecule has 0 bridgehead atoms. The van der Waals surface area contributed by atoms with E-state index in [0.29, 0.717) is 11.8 Å². The van der Waals surface area contributed by atoms with Gasteiger partial charge < -0.3 is 0 Å². The Morgan fingerprint density at radius 2 is 1.88 bits per heavy atom. The number of halogens is 3. The van der Waals surface area contributed by atoms with E-state index in [-0.39, 0.29) is 27.1 Å². The zero-order valence-electron chi connectivity index (χ0n) is 13.8. The minimum Gasteiger partial charge on any atom is -0.297 e. The van der Waals surface area contributed by atoms with E-state index in [0.717, 1.165) is 33.3 Å². The van der Waals surface area contributed by atoms with Crippen LogP contribution >= 0.6 is 11.3 Å². The van der Waals surface area contributed by atoms with Crippen LogP contribution in [0.5, 0.6) is 0 Å². The first-order valence-corrected chi connectivity index (χ1v) is 8.67. The van der Waals surface area contributed by atoms with E-state index in [1.165, 1.54) is 0 Å². The van der Waals surface area contributed by atoms with Crippen LogP contribution in [0.1, 0.15) is 41.4 Å². The molecule has 0 unspecified atom stereocenters. The van der Waals surface area contributed by atoms with Crippen LogP contribution in [-0.4, -0.2) is 21.6 Å². The highest BCUT2D eigenvalue weighted by atomic mass is 32.1. The summed E-state index contributed by atoms with van der Waals surface area (Å²) >= 11 is 0.886. The Labute approximate surface area is 144 Å². The van der Waals surface area contributed by atoms with E-state index in [1.807, 2.05) is 6.92 Å². The number of aryl methyl sites for hydroxylation is 2. The number of alkyl halides is 3. The molecule has 0 atom stereocenters. The highest BCUT2D eigenvalue weighted by Crippen LogP contribution is 2.46. The van der Waals surface area contributed by atoms with Gasteiger partial charge in [-0.05, 0) is 30.7 Å². The summed E-state index contributed by atoms with van der Waals surface area (Å²) < 4.78 is 40.0. The molecule has 3 rings (SSSR count). The summed E-state index contributed by atoms with van der Waals surface area (Å²) in [5, 5.41) is 0.165. The average molecular weight is 374 g/mol. The maximum atomic E-state index is 12.8. The largest absolute Gasteiger partial charge is 0.390 e. The molecule has 0 N–H and O–H groups in total. The molecule has 2 aromatic rings. The van der Waals surface area contributed by atoms with Crippen molar-refractivity contribution in [2.24, 2.45) is 5.41 Å². The van der Waals surface area contributed by atoms with Gasteiger partial charge in [0, 0.05) is 13.1 Å². The summed E-state index contributed by atoms with van der Waals surface area (Å²) in [5.41, 5.74) is -1.03. The van der Waals surface area contributed by atoms with Crippen LogP contribution in [-0.2, 0) is 13.1 Å². The number of thiophene rings is 1. The number of rotatable bonds is 5. The van der Waals surface area contributed by atoms with E-state index in [2.05, 4.69) is 0 Å². The lowest BCUT2D eigenvalue weighted by Gasteiger charge is -2.15. The van der Waals surface area contributed by atoms with Crippen LogP contribution in [0.15, 0.2) is 9.59 Å². The Balaban J connectivity index is 2.25. The van der Waals surface area contributed by atoms with Gasteiger partial charge in [-0.1, -0.05) is 6.92 Å². The fraction of sp³-hybridized carbons (Fsp3) is 0.562. The molecule has 2 aromatic heterocycles. The van der Waals surface area contributed by atoms with Crippen LogP contribution in [0.2, 0.25) is 0 Å². The lowest BCUT2D eigenvalue weighted by molar-refractivity contribution is -0.136. The van der Waals surface area contributed by atoms with Crippen LogP contribution in [0.3, 0.4) is 0 Å². The van der Waals surface area contributed by atoms with Crippen molar-refractivity contribution in [1.82, 2.24) is 9.13 Å².